The third kappa shape index (κ3) is 4.75. The summed E-state index contributed by atoms with van der Waals surface area (Å²) < 4.78 is 27.7. The van der Waals surface area contributed by atoms with Crippen LogP contribution < -0.4 is 4.74 Å². The van der Waals surface area contributed by atoms with Crippen LogP contribution in [0.1, 0.15) is 25.0 Å². The van der Waals surface area contributed by atoms with Gasteiger partial charge in [-0.15, -0.1) is 0 Å². The second-order valence-corrected chi connectivity index (χ2v) is 6.18. The first-order valence-electron chi connectivity index (χ1n) is 5.51. The average Bonchev–Trinajstić information content (AvgIpc) is 2.24. The Morgan fingerprint density at radius 1 is 1.35 bits per heavy atom. The van der Waals surface area contributed by atoms with E-state index in [0.29, 0.717) is 17.9 Å². The Morgan fingerprint density at radius 3 is 2.59 bits per heavy atom. The van der Waals surface area contributed by atoms with Gasteiger partial charge >= 0.3 is 0 Å². The van der Waals surface area contributed by atoms with Crippen LogP contribution in [0.25, 0.3) is 0 Å². The van der Waals surface area contributed by atoms with Crippen molar-refractivity contribution in [2.24, 2.45) is 0 Å². The Bertz CT molecular complexity index is 453. The number of aliphatic hydroxyl groups excluding tert-OH is 1. The zero-order valence-electron chi connectivity index (χ0n) is 10.1. The Kier molecular flexibility index (Phi) is 4.96. The molecule has 0 aromatic heterocycles. The largest absolute Gasteiger partial charge is 0.493 e. The van der Waals surface area contributed by atoms with Crippen molar-refractivity contribution in [1.29, 1.82) is 0 Å². The molecule has 0 radical (unpaired) electrons. The number of aliphatic hydroxyl groups is 1. The van der Waals surface area contributed by atoms with E-state index in [1.54, 1.807) is 24.3 Å². The minimum absolute atomic E-state index is 0.292. The van der Waals surface area contributed by atoms with E-state index in [4.69, 9.17) is 4.74 Å². The van der Waals surface area contributed by atoms with E-state index in [9.17, 15) is 13.5 Å². The molecule has 0 aliphatic rings. The second-order valence-electron chi connectivity index (χ2n) is 3.99. The number of benzene rings is 1. The monoisotopic (exact) mass is 258 g/mol. The molecule has 0 saturated carbocycles. The summed E-state index contributed by atoms with van der Waals surface area (Å²) in [5, 5.41) is 9.88. The molecule has 0 amide bonds. The molecular weight excluding hydrogens is 240 g/mol. The Labute approximate surface area is 102 Å². The number of rotatable bonds is 6. The fraction of sp³-hybridized carbons (Fsp3) is 0.500. The molecule has 0 fully saturated rings. The maximum absolute atomic E-state index is 11.1. The van der Waals surface area contributed by atoms with E-state index >= 15 is 0 Å². The quantitative estimate of drug-likeness (QED) is 0.841. The summed E-state index contributed by atoms with van der Waals surface area (Å²) in [5.74, 6) is 0.255. The molecule has 4 nitrogen and oxygen atoms in total. The molecule has 1 rings (SSSR count). The molecule has 1 N–H and O–H groups in total. The molecule has 0 spiro atoms. The van der Waals surface area contributed by atoms with E-state index in [2.05, 4.69) is 0 Å². The van der Waals surface area contributed by atoms with Crippen LogP contribution in [0.3, 0.4) is 0 Å². The summed E-state index contributed by atoms with van der Waals surface area (Å²) in [7, 11) is -3.21. The van der Waals surface area contributed by atoms with Gasteiger partial charge in [-0.3, -0.25) is 0 Å². The van der Waals surface area contributed by atoms with E-state index in [1.807, 2.05) is 6.92 Å². The summed E-state index contributed by atoms with van der Waals surface area (Å²) >= 11 is 0. The van der Waals surface area contributed by atoms with Crippen molar-refractivity contribution in [1.82, 2.24) is 0 Å². The first-order valence-corrected chi connectivity index (χ1v) is 7.57. The van der Waals surface area contributed by atoms with Gasteiger partial charge in [0.2, 0.25) is 0 Å². The highest BCUT2D eigenvalue weighted by atomic mass is 32.2. The molecule has 17 heavy (non-hydrogen) atoms. The van der Waals surface area contributed by atoms with E-state index in [1.165, 1.54) is 0 Å². The van der Waals surface area contributed by atoms with Gasteiger partial charge in [-0.05, 0) is 12.5 Å². The number of sulfone groups is 1. The molecule has 1 aromatic rings. The van der Waals surface area contributed by atoms with Crippen molar-refractivity contribution in [3.63, 3.8) is 0 Å². The summed E-state index contributed by atoms with van der Waals surface area (Å²) in [4.78, 5) is 0. The third-order valence-corrected chi connectivity index (χ3v) is 3.12. The van der Waals surface area contributed by atoms with E-state index in [0.717, 1.165) is 12.7 Å². The van der Waals surface area contributed by atoms with Gasteiger partial charge in [0.1, 0.15) is 15.6 Å². The molecule has 1 atom stereocenters. The van der Waals surface area contributed by atoms with Crippen molar-refractivity contribution in [3.8, 4) is 5.75 Å². The fourth-order valence-electron chi connectivity index (χ4n) is 1.48. The predicted molar refractivity (Wildman–Crippen MR) is 66.9 cm³/mol. The molecule has 5 heteroatoms. The van der Waals surface area contributed by atoms with Crippen molar-refractivity contribution >= 4 is 9.84 Å². The minimum atomic E-state index is -3.21. The van der Waals surface area contributed by atoms with Crippen LogP contribution in [0.2, 0.25) is 0 Å². The highest BCUT2D eigenvalue weighted by molar-refractivity contribution is 7.90. The fourth-order valence-corrected chi connectivity index (χ4v) is 2.23. The molecular formula is C12H18O4S. The van der Waals surface area contributed by atoms with Crippen LogP contribution in [0.15, 0.2) is 24.3 Å². The molecule has 96 valence electrons. The summed E-state index contributed by atoms with van der Waals surface area (Å²) in [5.41, 5.74) is 0.520. The van der Waals surface area contributed by atoms with Crippen LogP contribution in [0, 0.1) is 0 Å². The predicted octanol–water partition coefficient (Wildman–Crippen LogP) is 1.55. The topological polar surface area (TPSA) is 63.6 Å². The Hall–Kier alpha value is -1.07. The molecule has 0 bridgehead atoms. The third-order valence-electron chi connectivity index (χ3n) is 2.20. The minimum Gasteiger partial charge on any atom is -0.493 e. The van der Waals surface area contributed by atoms with Crippen LogP contribution in [-0.4, -0.2) is 32.1 Å². The van der Waals surface area contributed by atoms with Crippen LogP contribution in [-0.2, 0) is 9.84 Å². The number of ether oxygens (including phenoxy) is 1. The number of hydrogen-bond donors (Lipinski definition) is 1. The Balaban J connectivity index is 2.88. The zero-order valence-corrected chi connectivity index (χ0v) is 10.9. The van der Waals surface area contributed by atoms with Gasteiger partial charge in [0, 0.05) is 11.8 Å². The van der Waals surface area contributed by atoms with Gasteiger partial charge in [-0.1, -0.05) is 25.1 Å². The number of hydrogen-bond acceptors (Lipinski definition) is 4. The van der Waals surface area contributed by atoms with Crippen LogP contribution in [0.4, 0.5) is 0 Å². The lowest BCUT2D eigenvalue weighted by Crippen LogP contribution is -2.14. The second kappa shape index (κ2) is 6.02. The lowest BCUT2D eigenvalue weighted by molar-refractivity contribution is 0.193. The maximum Gasteiger partial charge on any atom is 0.150 e. The lowest BCUT2D eigenvalue weighted by atomic mass is 10.1. The van der Waals surface area contributed by atoms with E-state index < -0.39 is 15.9 Å². The SMILES string of the molecule is CCCOc1ccccc1C(O)CS(C)(=O)=O. The molecule has 1 aromatic carbocycles. The highest BCUT2D eigenvalue weighted by Gasteiger charge is 2.17. The molecule has 0 saturated heterocycles. The van der Waals surface area contributed by atoms with Crippen molar-refractivity contribution in [2.75, 3.05) is 18.6 Å². The van der Waals surface area contributed by atoms with Gasteiger partial charge in [-0.25, -0.2) is 8.42 Å². The van der Waals surface area contributed by atoms with Gasteiger partial charge in [0.25, 0.3) is 0 Å². The van der Waals surface area contributed by atoms with Crippen molar-refractivity contribution < 1.29 is 18.3 Å². The molecule has 0 aliphatic carbocycles. The molecule has 0 heterocycles. The highest BCUT2D eigenvalue weighted by Crippen LogP contribution is 2.26. The average molecular weight is 258 g/mol. The first kappa shape index (κ1) is 14.0. The standard InChI is InChI=1S/C12H18O4S/c1-3-8-16-12-7-5-4-6-10(12)11(13)9-17(2,14)15/h4-7,11,13H,3,8-9H2,1-2H3. The maximum atomic E-state index is 11.1. The smallest absolute Gasteiger partial charge is 0.150 e. The van der Waals surface area contributed by atoms with Gasteiger partial charge in [0.15, 0.2) is 0 Å². The Morgan fingerprint density at radius 2 is 2.00 bits per heavy atom. The molecule has 1 unspecified atom stereocenters. The van der Waals surface area contributed by atoms with E-state index in [-0.39, 0.29) is 5.75 Å². The van der Waals surface area contributed by atoms with Gasteiger partial charge in [-0.2, -0.15) is 0 Å². The van der Waals surface area contributed by atoms with Crippen LogP contribution in [0.5, 0.6) is 5.75 Å². The lowest BCUT2D eigenvalue weighted by Gasteiger charge is -2.15. The summed E-state index contributed by atoms with van der Waals surface area (Å²) in [6.45, 7) is 2.53. The van der Waals surface area contributed by atoms with Crippen molar-refractivity contribution in [3.05, 3.63) is 29.8 Å². The van der Waals surface area contributed by atoms with Gasteiger partial charge < -0.3 is 9.84 Å². The normalized spacial score (nSPS) is 13.4. The van der Waals surface area contributed by atoms with Crippen LogP contribution >= 0.6 is 0 Å². The van der Waals surface area contributed by atoms with Crippen molar-refractivity contribution in [2.45, 2.75) is 19.4 Å². The molecule has 0 aliphatic heterocycles. The summed E-state index contributed by atoms with van der Waals surface area (Å²) in [6.07, 6.45) is 0.917. The first-order chi connectivity index (χ1) is 7.94. The zero-order chi connectivity index (χ0) is 12.9. The number of para-hydroxylation sites is 1. The van der Waals surface area contributed by atoms with Gasteiger partial charge in [0.05, 0.1) is 18.5 Å². The summed E-state index contributed by atoms with van der Waals surface area (Å²) in [6, 6.07) is 6.96.